The van der Waals surface area contributed by atoms with Crippen LogP contribution in [0.2, 0.25) is 0 Å². The van der Waals surface area contributed by atoms with Gasteiger partial charge in [0, 0.05) is 19.6 Å². The molecule has 0 heterocycles. The molecular weight excluding hydrogens is 191 g/mol. The predicted octanol–water partition coefficient (Wildman–Crippen LogP) is 2.39. The van der Waals surface area contributed by atoms with Gasteiger partial charge >= 0.3 is 0 Å². The van der Waals surface area contributed by atoms with E-state index in [0.717, 1.165) is 12.8 Å². The van der Waals surface area contributed by atoms with Gasteiger partial charge in [-0.15, -0.1) is 0 Å². The van der Waals surface area contributed by atoms with Gasteiger partial charge in [0.1, 0.15) is 5.82 Å². The highest BCUT2D eigenvalue weighted by atomic mass is 19.1. The summed E-state index contributed by atoms with van der Waals surface area (Å²) in [5, 5.41) is 0. The number of rotatable bonds is 5. The highest BCUT2D eigenvalue weighted by Crippen LogP contribution is 2.20. The number of benzene rings is 1. The first kappa shape index (κ1) is 12.0. The Kier molecular flexibility index (Phi) is 4.56. The number of hydrogen-bond acceptors (Lipinski definition) is 2. The van der Waals surface area contributed by atoms with Crippen molar-refractivity contribution in [3.63, 3.8) is 0 Å². The van der Waals surface area contributed by atoms with Crippen LogP contribution in [0.15, 0.2) is 24.3 Å². The van der Waals surface area contributed by atoms with Crippen molar-refractivity contribution >= 4 is 5.69 Å². The Balaban J connectivity index is 2.82. The van der Waals surface area contributed by atoms with Gasteiger partial charge in [-0.25, -0.2) is 4.39 Å². The summed E-state index contributed by atoms with van der Waals surface area (Å²) in [6.45, 7) is 2.66. The van der Waals surface area contributed by atoms with E-state index in [1.54, 1.807) is 12.1 Å². The third-order valence-corrected chi connectivity index (χ3v) is 2.67. The molecular formula is C12H19FN2. The van der Waals surface area contributed by atoms with Crippen molar-refractivity contribution in [2.75, 3.05) is 18.5 Å². The molecule has 0 saturated carbocycles. The van der Waals surface area contributed by atoms with E-state index in [4.69, 9.17) is 5.73 Å². The summed E-state index contributed by atoms with van der Waals surface area (Å²) < 4.78 is 13.5. The zero-order valence-electron chi connectivity index (χ0n) is 9.41. The second kappa shape index (κ2) is 5.71. The van der Waals surface area contributed by atoms with Gasteiger partial charge < -0.3 is 10.6 Å². The lowest BCUT2D eigenvalue weighted by atomic mass is 10.1. The molecule has 0 fully saturated rings. The smallest absolute Gasteiger partial charge is 0.146 e. The number of nitrogens with zero attached hydrogens (tertiary/aromatic N) is 1. The van der Waals surface area contributed by atoms with E-state index in [-0.39, 0.29) is 11.9 Å². The molecule has 1 rings (SSSR count). The van der Waals surface area contributed by atoms with Gasteiger partial charge in [-0.2, -0.15) is 0 Å². The quantitative estimate of drug-likeness (QED) is 0.808. The maximum absolute atomic E-state index is 13.5. The van der Waals surface area contributed by atoms with Gasteiger partial charge in [-0.05, 0) is 18.6 Å². The van der Waals surface area contributed by atoms with Crippen LogP contribution in [-0.4, -0.2) is 19.6 Å². The molecule has 2 nitrogen and oxygen atoms in total. The largest absolute Gasteiger partial charge is 0.368 e. The summed E-state index contributed by atoms with van der Waals surface area (Å²) in [7, 11) is 1.89. The Labute approximate surface area is 90.9 Å². The predicted molar refractivity (Wildman–Crippen MR) is 62.6 cm³/mol. The molecule has 0 amide bonds. The molecule has 84 valence electrons. The molecule has 1 atom stereocenters. The molecule has 0 aliphatic rings. The molecule has 1 aromatic carbocycles. The first-order valence-corrected chi connectivity index (χ1v) is 5.38. The van der Waals surface area contributed by atoms with E-state index in [1.165, 1.54) is 6.07 Å². The highest BCUT2D eigenvalue weighted by molar-refractivity contribution is 5.47. The topological polar surface area (TPSA) is 29.3 Å². The van der Waals surface area contributed by atoms with Crippen molar-refractivity contribution in [2.45, 2.75) is 25.8 Å². The molecule has 1 aromatic rings. The van der Waals surface area contributed by atoms with Crippen LogP contribution >= 0.6 is 0 Å². The maximum atomic E-state index is 13.5. The van der Waals surface area contributed by atoms with Gasteiger partial charge in [0.25, 0.3) is 0 Å². The van der Waals surface area contributed by atoms with Gasteiger partial charge in [-0.3, -0.25) is 0 Å². The summed E-state index contributed by atoms with van der Waals surface area (Å²) >= 11 is 0. The maximum Gasteiger partial charge on any atom is 0.146 e. The minimum absolute atomic E-state index is 0.186. The average Bonchev–Trinajstić information content (AvgIpc) is 2.25. The van der Waals surface area contributed by atoms with E-state index >= 15 is 0 Å². The number of halogens is 1. The third kappa shape index (κ3) is 2.93. The summed E-state index contributed by atoms with van der Waals surface area (Å²) in [6, 6.07) is 7.02. The van der Waals surface area contributed by atoms with Crippen molar-refractivity contribution in [1.29, 1.82) is 0 Å². The number of hydrogen-bond donors (Lipinski definition) is 1. The zero-order chi connectivity index (χ0) is 11.3. The molecule has 1 unspecified atom stereocenters. The fourth-order valence-corrected chi connectivity index (χ4v) is 1.74. The molecule has 2 N–H and O–H groups in total. The van der Waals surface area contributed by atoms with Gasteiger partial charge in [-0.1, -0.05) is 25.5 Å². The van der Waals surface area contributed by atoms with Crippen LogP contribution in [0.5, 0.6) is 0 Å². The normalized spacial score (nSPS) is 12.5. The molecule has 0 bridgehead atoms. The minimum Gasteiger partial charge on any atom is -0.368 e. The second-order valence-corrected chi connectivity index (χ2v) is 3.74. The number of nitrogens with two attached hydrogens (primary N) is 1. The van der Waals surface area contributed by atoms with Crippen molar-refractivity contribution < 1.29 is 4.39 Å². The third-order valence-electron chi connectivity index (χ3n) is 2.67. The van der Waals surface area contributed by atoms with Crippen LogP contribution in [0.25, 0.3) is 0 Å². The Hall–Kier alpha value is -1.09. The lowest BCUT2D eigenvalue weighted by Crippen LogP contribution is -2.38. The van der Waals surface area contributed by atoms with Crippen molar-refractivity contribution in [3.8, 4) is 0 Å². The van der Waals surface area contributed by atoms with Crippen molar-refractivity contribution in [2.24, 2.45) is 5.73 Å². The van der Waals surface area contributed by atoms with E-state index in [2.05, 4.69) is 6.92 Å². The molecule has 0 aromatic heterocycles. The molecule has 0 aliphatic carbocycles. The van der Waals surface area contributed by atoms with Crippen LogP contribution in [0.3, 0.4) is 0 Å². The van der Waals surface area contributed by atoms with Crippen LogP contribution < -0.4 is 10.6 Å². The number of para-hydroxylation sites is 1. The summed E-state index contributed by atoms with van der Waals surface area (Å²) in [5.74, 6) is -0.186. The fraction of sp³-hybridized carbons (Fsp3) is 0.500. The van der Waals surface area contributed by atoms with E-state index < -0.39 is 0 Å². The second-order valence-electron chi connectivity index (χ2n) is 3.74. The lowest BCUT2D eigenvalue weighted by Gasteiger charge is -2.29. The standard InChI is InChI=1S/C12H19FN2/c1-3-6-10(9-14)15(2)12-8-5-4-7-11(12)13/h4-5,7-8,10H,3,6,9,14H2,1-2H3. The van der Waals surface area contributed by atoms with Crippen LogP contribution in [0.4, 0.5) is 10.1 Å². The molecule has 0 spiro atoms. The Bertz CT molecular complexity index is 301. The number of anilines is 1. The summed E-state index contributed by atoms with van der Waals surface area (Å²) in [4.78, 5) is 1.93. The van der Waals surface area contributed by atoms with Crippen molar-refractivity contribution in [3.05, 3.63) is 30.1 Å². The summed E-state index contributed by atoms with van der Waals surface area (Å²) in [6.07, 6.45) is 2.04. The first-order valence-electron chi connectivity index (χ1n) is 5.38. The Morgan fingerprint density at radius 1 is 1.40 bits per heavy atom. The lowest BCUT2D eigenvalue weighted by molar-refractivity contribution is 0.559. The molecule has 0 radical (unpaired) electrons. The Morgan fingerprint density at radius 3 is 2.60 bits per heavy atom. The van der Waals surface area contributed by atoms with Crippen LogP contribution in [-0.2, 0) is 0 Å². The average molecular weight is 210 g/mol. The molecule has 0 aliphatic heterocycles. The van der Waals surface area contributed by atoms with E-state index in [9.17, 15) is 4.39 Å². The SMILES string of the molecule is CCCC(CN)N(C)c1ccccc1F. The first-order chi connectivity index (χ1) is 7.20. The van der Waals surface area contributed by atoms with E-state index in [1.807, 2.05) is 18.0 Å². The van der Waals surface area contributed by atoms with Crippen LogP contribution in [0.1, 0.15) is 19.8 Å². The van der Waals surface area contributed by atoms with Crippen LogP contribution in [0, 0.1) is 5.82 Å². The Morgan fingerprint density at radius 2 is 2.07 bits per heavy atom. The molecule has 0 saturated heterocycles. The highest BCUT2D eigenvalue weighted by Gasteiger charge is 2.15. The monoisotopic (exact) mass is 210 g/mol. The fourth-order valence-electron chi connectivity index (χ4n) is 1.74. The summed E-state index contributed by atoms with van der Waals surface area (Å²) in [5.41, 5.74) is 6.31. The van der Waals surface area contributed by atoms with Gasteiger partial charge in [0.05, 0.1) is 5.69 Å². The van der Waals surface area contributed by atoms with Crippen molar-refractivity contribution in [1.82, 2.24) is 0 Å². The van der Waals surface area contributed by atoms with Gasteiger partial charge in [0.2, 0.25) is 0 Å². The zero-order valence-corrected chi connectivity index (χ0v) is 9.41. The van der Waals surface area contributed by atoms with Gasteiger partial charge in [0.15, 0.2) is 0 Å². The number of likely N-dealkylation sites (N-methyl/N-ethyl adjacent to an activating group) is 1. The molecule has 15 heavy (non-hydrogen) atoms. The minimum atomic E-state index is -0.186. The van der Waals surface area contributed by atoms with E-state index in [0.29, 0.717) is 12.2 Å². The molecule has 3 heteroatoms.